The van der Waals surface area contributed by atoms with Crippen LogP contribution in [0.1, 0.15) is 0 Å². The smallest absolute Gasteiger partial charge is 0.161 e. The van der Waals surface area contributed by atoms with Crippen LogP contribution in [0.25, 0.3) is 11.4 Å². The average Bonchev–Trinajstić information content (AvgIpc) is 2.31. The van der Waals surface area contributed by atoms with Gasteiger partial charge in [-0.05, 0) is 46.9 Å². The van der Waals surface area contributed by atoms with Crippen LogP contribution >= 0.6 is 22.6 Å². The van der Waals surface area contributed by atoms with E-state index in [4.69, 9.17) is 0 Å². The Balaban J connectivity index is 2.44. The van der Waals surface area contributed by atoms with Crippen LogP contribution in [-0.2, 0) is 0 Å². The van der Waals surface area contributed by atoms with Gasteiger partial charge in [-0.3, -0.25) is 0 Å². The molecule has 0 fully saturated rings. The van der Waals surface area contributed by atoms with Crippen molar-refractivity contribution in [1.29, 1.82) is 0 Å². The number of phenolic OH excluding ortho intramolecular Hbond substituents is 1. The number of anilines is 1. The Hall–Kier alpha value is -1.37. The zero-order valence-electron chi connectivity index (χ0n) is 8.61. The van der Waals surface area contributed by atoms with Gasteiger partial charge in [-0.15, -0.1) is 0 Å². The molecule has 0 saturated carbocycles. The largest absolute Gasteiger partial charge is 0.508 e. The van der Waals surface area contributed by atoms with Crippen molar-refractivity contribution in [3.63, 3.8) is 0 Å². The number of aromatic nitrogens is 2. The molecule has 2 N–H and O–H groups in total. The number of nitrogens with zero attached hydrogens (tertiary/aromatic N) is 2. The first-order chi connectivity index (χ1) is 7.70. The van der Waals surface area contributed by atoms with Gasteiger partial charge >= 0.3 is 0 Å². The van der Waals surface area contributed by atoms with Crippen molar-refractivity contribution in [3.05, 3.63) is 34.0 Å². The maximum atomic E-state index is 9.19. The van der Waals surface area contributed by atoms with Gasteiger partial charge in [0.05, 0.1) is 3.57 Å². The second-order valence-corrected chi connectivity index (χ2v) is 4.35. The minimum absolute atomic E-state index is 0.239. The summed E-state index contributed by atoms with van der Waals surface area (Å²) in [7, 11) is 1.82. The summed E-state index contributed by atoms with van der Waals surface area (Å²) in [5.74, 6) is 1.69. The van der Waals surface area contributed by atoms with E-state index < -0.39 is 0 Å². The molecule has 0 amide bonds. The second kappa shape index (κ2) is 4.65. The van der Waals surface area contributed by atoms with Gasteiger partial charge in [-0.1, -0.05) is 0 Å². The maximum absolute atomic E-state index is 9.19. The van der Waals surface area contributed by atoms with Crippen LogP contribution in [0.15, 0.2) is 30.5 Å². The normalized spacial score (nSPS) is 10.1. The van der Waals surface area contributed by atoms with Crippen molar-refractivity contribution in [3.8, 4) is 17.1 Å². The molecule has 1 heterocycles. The molecule has 0 unspecified atom stereocenters. The molecular weight excluding hydrogens is 317 g/mol. The minimum Gasteiger partial charge on any atom is -0.508 e. The van der Waals surface area contributed by atoms with Crippen molar-refractivity contribution < 1.29 is 5.11 Å². The summed E-state index contributed by atoms with van der Waals surface area (Å²) in [5.41, 5.74) is 0.880. The maximum Gasteiger partial charge on any atom is 0.161 e. The van der Waals surface area contributed by atoms with Gasteiger partial charge in [-0.25, -0.2) is 9.97 Å². The molecule has 1 aromatic carbocycles. The van der Waals surface area contributed by atoms with E-state index in [-0.39, 0.29) is 5.75 Å². The van der Waals surface area contributed by atoms with Crippen molar-refractivity contribution in [2.75, 3.05) is 12.4 Å². The quantitative estimate of drug-likeness (QED) is 0.832. The summed E-state index contributed by atoms with van der Waals surface area (Å²) < 4.78 is 0.975. The molecule has 0 atom stereocenters. The Morgan fingerprint density at radius 3 is 2.56 bits per heavy atom. The van der Waals surface area contributed by atoms with Gasteiger partial charge in [0.15, 0.2) is 5.82 Å². The molecule has 82 valence electrons. The standard InChI is InChI=1S/C11H10IN3O/c1-13-11-9(12)6-14-10(15-11)7-2-4-8(16)5-3-7/h2-6,16H,1H3,(H,13,14,15). The van der Waals surface area contributed by atoms with E-state index in [0.29, 0.717) is 5.82 Å². The highest BCUT2D eigenvalue weighted by Crippen LogP contribution is 2.21. The van der Waals surface area contributed by atoms with E-state index in [1.807, 2.05) is 7.05 Å². The number of halogens is 1. The van der Waals surface area contributed by atoms with Crippen molar-refractivity contribution in [2.45, 2.75) is 0 Å². The lowest BCUT2D eigenvalue weighted by atomic mass is 10.2. The topological polar surface area (TPSA) is 58.0 Å². The monoisotopic (exact) mass is 327 g/mol. The van der Waals surface area contributed by atoms with E-state index >= 15 is 0 Å². The van der Waals surface area contributed by atoms with Gasteiger partial charge in [-0.2, -0.15) is 0 Å². The highest BCUT2D eigenvalue weighted by molar-refractivity contribution is 14.1. The lowest BCUT2D eigenvalue weighted by Crippen LogP contribution is -1.99. The Morgan fingerprint density at radius 1 is 1.25 bits per heavy atom. The van der Waals surface area contributed by atoms with Crippen LogP contribution < -0.4 is 5.32 Å². The molecule has 0 aliphatic carbocycles. The van der Waals surface area contributed by atoms with E-state index in [2.05, 4.69) is 37.9 Å². The number of benzene rings is 1. The number of hydrogen-bond acceptors (Lipinski definition) is 4. The van der Waals surface area contributed by atoms with Gasteiger partial charge < -0.3 is 10.4 Å². The molecule has 16 heavy (non-hydrogen) atoms. The van der Waals surface area contributed by atoms with E-state index in [0.717, 1.165) is 15.0 Å². The lowest BCUT2D eigenvalue weighted by Gasteiger charge is -2.05. The molecule has 0 saturated heterocycles. The number of hydrogen-bond donors (Lipinski definition) is 2. The van der Waals surface area contributed by atoms with Crippen LogP contribution in [0, 0.1) is 3.57 Å². The van der Waals surface area contributed by atoms with Crippen LogP contribution in [0.4, 0.5) is 5.82 Å². The lowest BCUT2D eigenvalue weighted by molar-refractivity contribution is 0.475. The average molecular weight is 327 g/mol. The molecule has 0 aliphatic heterocycles. The fraction of sp³-hybridized carbons (Fsp3) is 0.0909. The third-order valence-corrected chi connectivity index (χ3v) is 2.90. The van der Waals surface area contributed by atoms with E-state index in [9.17, 15) is 5.11 Å². The molecule has 0 bridgehead atoms. The van der Waals surface area contributed by atoms with Gasteiger partial charge in [0, 0.05) is 18.8 Å². The van der Waals surface area contributed by atoms with Crippen molar-refractivity contribution in [1.82, 2.24) is 9.97 Å². The molecular formula is C11H10IN3O. The van der Waals surface area contributed by atoms with Crippen molar-refractivity contribution in [2.24, 2.45) is 0 Å². The van der Waals surface area contributed by atoms with E-state index in [1.165, 1.54) is 0 Å². The van der Waals surface area contributed by atoms with E-state index in [1.54, 1.807) is 30.5 Å². The molecule has 0 spiro atoms. The molecule has 2 aromatic rings. The molecule has 1 aromatic heterocycles. The Bertz CT molecular complexity index is 499. The highest BCUT2D eigenvalue weighted by atomic mass is 127. The zero-order chi connectivity index (χ0) is 11.5. The summed E-state index contributed by atoms with van der Waals surface area (Å²) in [6.07, 6.45) is 1.77. The Kier molecular flexibility index (Phi) is 3.23. The fourth-order valence-corrected chi connectivity index (χ4v) is 1.82. The minimum atomic E-state index is 0.239. The van der Waals surface area contributed by atoms with Gasteiger partial charge in [0.1, 0.15) is 11.6 Å². The summed E-state index contributed by atoms with van der Waals surface area (Å²) in [6.45, 7) is 0. The highest BCUT2D eigenvalue weighted by Gasteiger charge is 2.05. The molecule has 0 aliphatic rings. The summed E-state index contributed by atoms with van der Waals surface area (Å²) in [6, 6.07) is 6.82. The predicted octanol–water partition coefficient (Wildman–Crippen LogP) is 2.50. The summed E-state index contributed by atoms with van der Waals surface area (Å²) in [5, 5.41) is 12.2. The third-order valence-electron chi connectivity index (χ3n) is 2.11. The zero-order valence-corrected chi connectivity index (χ0v) is 10.8. The Morgan fingerprint density at radius 2 is 1.94 bits per heavy atom. The predicted molar refractivity (Wildman–Crippen MR) is 71.4 cm³/mol. The SMILES string of the molecule is CNc1nc(-c2ccc(O)cc2)ncc1I. The number of aromatic hydroxyl groups is 1. The molecule has 2 rings (SSSR count). The fourth-order valence-electron chi connectivity index (χ4n) is 1.29. The molecule has 4 nitrogen and oxygen atoms in total. The summed E-state index contributed by atoms with van der Waals surface area (Å²) >= 11 is 2.17. The summed E-state index contributed by atoms with van der Waals surface area (Å²) in [4.78, 5) is 8.63. The van der Waals surface area contributed by atoms with Gasteiger partial charge in [0.2, 0.25) is 0 Å². The van der Waals surface area contributed by atoms with Gasteiger partial charge in [0.25, 0.3) is 0 Å². The first-order valence-corrected chi connectivity index (χ1v) is 5.78. The molecule has 5 heteroatoms. The molecule has 0 radical (unpaired) electrons. The van der Waals surface area contributed by atoms with Crippen LogP contribution in [-0.4, -0.2) is 22.1 Å². The van der Waals surface area contributed by atoms with Crippen LogP contribution in [0.5, 0.6) is 5.75 Å². The number of nitrogens with one attached hydrogen (secondary N) is 1. The first-order valence-electron chi connectivity index (χ1n) is 4.70. The second-order valence-electron chi connectivity index (χ2n) is 3.19. The number of rotatable bonds is 2. The Labute approximate surface area is 107 Å². The first kappa shape index (κ1) is 11.1. The van der Waals surface area contributed by atoms with Crippen LogP contribution in [0.3, 0.4) is 0 Å². The third kappa shape index (κ3) is 2.24. The number of phenols is 1. The van der Waals surface area contributed by atoms with Crippen LogP contribution in [0.2, 0.25) is 0 Å². The van der Waals surface area contributed by atoms with Crippen molar-refractivity contribution >= 4 is 28.4 Å².